The molecule has 0 bridgehead atoms. The first-order chi connectivity index (χ1) is 14.7. The number of rotatable bonds is 9. The second kappa shape index (κ2) is 9.27. The van der Waals surface area contributed by atoms with Gasteiger partial charge in [-0.25, -0.2) is 0 Å². The van der Waals surface area contributed by atoms with Gasteiger partial charge in [-0.15, -0.1) is 0 Å². The first-order valence-corrected chi connectivity index (χ1v) is 10.1. The number of aryl methyl sites for hydroxylation is 1. The molecule has 0 spiro atoms. The summed E-state index contributed by atoms with van der Waals surface area (Å²) in [4.78, 5) is 10.9. The van der Waals surface area contributed by atoms with Crippen LogP contribution in [0, 0.1) is 0 Å². The fourth-order valence-electron chi connectivity index (χ4n) is 3.53. The third-order valence-electron chi connectivity index (χ3n) is 5.10. The lowest BCUT2D eigenvalue weighted by Crippen LogP contribution is -2.22. The number of carbonyl (C=O) groups is 1. The molecule has 5 nitrogen and oxygen atoms in total. The Morgan fingerprint density at radius 1 is 0.933 bits per heavy atom. The number of aliphatic carboxylic acids is 1. The van der Waals surface area contributed by atoms with Gasteiger partial charge in [0, 0.05) is 24.8 Å². The maximum atomic E-state index is 10.9. The van der Waals surface area contributed by atoms with Gasteiger partial charge in [0.25, 0.3) is 0 Å². The molecule has 1 aromatic heterocycles. The molecule has 0 unspecified atom stereocenters. The fraction of sp³-hybridized carbons (Fsp3) is 0.200. The summed E-state index contributed by atoms with van der Waals surface area (Å²) in [5.74, 6) is -0.334. The molecule has 0 radical (unpaired) electrons. The molecule has 4 rings (SSSR count). The molecule has 0 atom stereocenters. The topological polar surface area (TPSA) is 67.2 Å². The van der Waals surface area contributed by atoms with Crippen molar-refractivity contribution in [1.82, 2.24) is 9.78 Å². The van der Waals surface area contributed by atoms with Gasteiger partial charge in [-0.1, -0.05) is 54.6 Å². The van der Waals surface area contributed by atoms with Crippen molar-refractivity contribution in [3.05, 3.63) is 95.8 Å². The molecular weight excluding hydrogens is 376 g/mol. The Balaban J connectivity index is 1.47. The monoisotopic (exact) mass is 399 g/mol. The highest BCUT2D eigenvalue weighted by Crippen LogP contribution is 2.23. The molecule has 0 saturated heterocycles. The van der Waals surface area contributed by atoms with E-state index in [1.165, 1.54) is 16.3 Å². The Morgan fingerprint density at radius 3 is 2.57 bits per heavy atom. The maximum absolute atomic E-state index is 10.9. The van der Waals surface area contributed by atoms with E-state index in [4.69, 9.17) is 4.74 Å². The summed E-state index contributed by atoms with van der Waals surface area (Å²) < 4.78 is 7.94. The van der Waals surface area contributed by atoms with E-state index in [2.05, 4.69) is 35.4 Å². The van der Waals surface area contributed by atoms with Crippen LogP contribution in [0.15, 0.2) is 79.1 Å². The first-order valence-electron chi connectivity index (χ1n) is 10.1. The van der Waals surface area contributed by atoms with Crippen LogP contribution in [0.1, 0.15) is 23.1 Å². The maximum Gasteiger partial charge on any atom is 0.122 e. The number of carboxylic acids is 1. The van der Waals surface area contributed by atoms with E-state index in [1.807, 2.05) is 47.3 Å². The number of ether oxygens (including phenoxy) is 1. The number of hydrogen-bond donors (Lipinski definition) is 0. The number of carbonyl (C=O) groups excluding carboxylic acids is 1. The van der Waals surface area contributed by atoms with Crippen LogP contribution in [0.4, 0.5) is 0 Å². The average molecular weight is 399 g/mol. The molecule has 0 aliphatic rings. The lowest BCUT2D eigenvalue weighted by molar-refractivity contribution is -0.305. The van der Waals surface area contributed by atoms with Gasteiger partial charge in [0.1, 0.15) is 5.75 Å². The van der Waals surface area contributed by atoms with E-state index in [0.717, 1.165) is 23.3 Å². The van der Waals surface area contributed by atoms with Gasteiger partial charge in [-0.2, -0.15) is 5.10 Å². The van der Waals surface area contributed by atoms with Crippen molar-refractivity contribution >= 4 is 16.7 Å². The quantitative estimate of drug-likeness (QED) is 0.433. The van der Waals surface area contributed by atoms with Gasteiger partial charge in [0.2, 0.25) is 0 Å². The zero-order valence-corrected chi connectivity index (χ0v) is 16.7. The van der Waals surface area contributed by atoms with Crippen LogP contribution in [-0.4, -0.2) is 22.4 Å². The summed E-state index contributed by atoms with van der Waals surface area (Å²) in [7, 11) is 0. The van der Waals surface area contributed by atoms with Crippen LogP contribution >= 0.6 is 0 Å². The Bertz CT molecular complexity index is 1140. The molecule has 4 aromatic rings. The summed E-state index contributed by atoms with van der Waals surface area (Å²) in [6.45, 7) is 1.15. The molecule has 0 saturated carbocycles. The third kappa shape index (κ3) is 5.06. The molecule has 0 aliphatic heterocycles. The van der Waals surface area contributed by atoms with Crippen molar-refractivity contribution < 1.29 is 14.6 Å². The molecule has 152 valence electrons. The van der Waals surface area contributed by atoms with Crippen LogP contribution in [0.2, 0.25) is 0 Å². The number of nitrogens with zero attached hydrogens (tertiary/aromatic N) is 2. The molecule has 30 heavy (non-hydrogen) atoms. The van der Waals surface area contributed by atoms with Crippen LogP contribution in [0.3, 0.4) is 0 Å². The minimum Gasteiger partial charge on any atom is -0.550 e. The summed E-state index contributed by atoms with van der Waals surface area (Å²) in [6, 6.07) is 22.5. The average Bonchev–Trinajstić information content (AvgIpc) is 3.26. The van der Waals surface area contributed by atoms with E-state index in [1.54, 1.807) is 6.20 Å². The highest BCUT2D eigenvalue weighted by molar-refractivity contribution is 5.82. The fourth-order valence-corrected chi connectivity index (χ4v) is 3.53. The van der Waals surface area contributed by atoms with Crippen molar-refractivity contribution in [1.29, 1.82) is 0 Å². The predicted molar refractivity (Wildman–Crippen MR) is 114 cm³/mol. The number of fused-ring (bicyclic) bond motifs is 1. The molecule has 5 heteroatoms. The summed E-state index contributed by atoms with van der Waals surface area (Å²) in [5, 5.41) is 17.6. The smallest absolute Gasteiger partial charge is 0.122 e. The summed E-state index contributed by atoms with van der Waals surface area (Å²) in [5.41, 5.74) is 3.14. The van der Waals surface area contributed by atoms with Gasteiger partial charge in [0.05, 0.1) is 13.2 Å². The molecular formula is C25H23N2O3-. The van der Waals surface area contributed by atoms with E-state index in [9.17, 15) is 9.90 Å². The molecule has 0 amide bonds. The van der Waals surface area contributed by atoms with Crippen LogP contribution < -0.4 is 9.84 Å². The van der Waals surface area contributed by atoms with Gasteiger partial charge in [-0.05, 0) is 52.4 Å². The molecule has 0 aliphatic carbocycles. The van der Waals surface area contributed by atoms with Gasteiger partial charge < -0.3 is 14.6 Å². The minimum atomic E-state index is -1.06. The molecule has 1 heterocycles. The number of hydrogen-bond acceptors (Lipinski definition) is 4. The van der Waals surface area contributed by atoms with E-state index >= 15 is 0 Å². The van der Waals surface area contributed by atoms with E-state index < -0.39 is 5.97 Å². The zero-order valence-electron chi connectivity index (χ0n) is 16.7. The van der Waals surface area contributed by atoms with Crippen molar-refractivity contribution in [3.8, 4) is 5.75 Å². The van der Waals surface area contributed by atoms with Crippen molar-refractivity contribution in [2.75, 3.05) is 6.61 Å². The Kier molecular flexibility index (Phi) is 6.09. The zero-order chi connectivity index (χ0) is 20.8. The van der Waals surface area contributed by atoms with Crippen molar-refractivity contribution in [2.24, 2.45) is 0 Å². The van der Waals surface area contributed by atoms with Gasteiger partial charge >= 0.3 is 0 Å². The Hall–Kier alpha value is -3.60. The first kappa shape index (κ1) is 19.7. The standard InChI is InChI=1S/C25H24N2O3/c28-25(29)11-10-22-9-7-20(18-27-14-3-13-26-27)17-24(22)30-15-12-19-6-8-21-4-1-2-5-23(21)16-19/h1-9,13-14,16-17H,10-12,15,18H2,(H,28,29)/p-1. The summed E-state index contributed by atoms with van der Waals surface area (Å²) >= 11 is 0. The number of benzene rings is 3. The highest BCUT2D eigenvalue weighted by Gasteiger charge is 2.08. The normalized spacial score (nSPS) is 10.9. The van der Waals surface area contributed by atoms with Gasteiger partial charge in [0.15, 0.2) is 0 Å². The Labute approximate surface area is 175 Å². The lowest BCUT2D eigenvalue weighted by Gasteiger charge is -2.14. The molecule has 3 aromatic carbocycles. The second-order valence-corrected chi connectivity index (χ2v) is 7.30. The molecule has 0 N–H and O–H groups in total. The third-order valence-corrected chi connectivity index (χ3v) is 5.10. The lowest BCUT2D eigenvalue weighted by atomic mass is 10.0. The van der Waals surface area contributed by atoms with E-state index in [0.29, 0.717) is 19.6 Å². The SMILES string of the molecule is O=C([O-])CCc1ccc(Cn2cccn2)cc1OCCc1ccc2ccccc2c1. The number of carboxylic acid groups (broad SMARTS) is 1. The van der Waals surface area contributed by atoms with Crippen LogP contribution in [0.25, 0.3) is 10.8 Å². The van der Waals surface area contributed by atoms with Crippen molar-refractivity contribution in [3.63, 3.8) is 0 Å². The van der Waals surface area contributed by atoms with Crippen LogP contribution in [0.5, 0.6) is 5.75 Å². The van der Waals surface area contributed by atoms with Crippen molar-refractivity contribution in [2.45, 2.75) is 25.8 Å². The second-order valence-electron chi connectivity index (χ2n) is 7.30. The minimum absolute atomic E-state index is 0.0282. The van der Waals surface area contributed by atoms with Crippen LogP contribution in [-0.2, 0) is 24.2 Å². The number of aromatic nitrogens is 2. The molecule has 0 fully saturated rings. The van der Waals surface area contributed by atoms with Gasteiger partial charge in [-0.3, -0.25) is 4.68 Å². The highest BCUT2D eigenvalue weighted by atomic mass is 16.5. The van der Waals surface area contributed by atoms with E-state index in [-0.39, 0.29) is 6.42 Å². The predicted octanol–water partition coefficient (Wildman–Crippen LogP) is 3.39. The summed E-state index contributed by atoms with van der Waals surface area (Å²) in [6.07, 6.45) is 4.78. The Morgan fingerprint density at radius 2 is 1.77 bits per heavy atom. The largest absolute Gasteiger partial charge is 0.550 e.